The summed E-state index contributed by atoms with van der Waals surface area (Å²) in [7, 11) is 0. The van der Waals surface area contributed by atoms with E-state index >= 15 is 0 Å². The number of hydrogen-bond acceptors (Lipinski definition) is 1. The van der Waals surface area contributed by atoms with Gasteiger partial charge in [-0.25, -0.2) is 4.79 Å². The van der Waals surface area contributed by atoms with E-state index in [2.05, 4.69) is 52.8 Å². The second kappa shape index (κ2) is 6.58. The summed E-state index contributed by atoms with van der Waals surface area (Å²) >= 11 is 0. The molecule has 3 aliphatic rings. The Morgan fingerprint density at radius 3 is 2.13 bits per heavy atom. The molecule has 31 heavy (non-hydrogen) atoms. The normalized spacial score (nSPS) is 28.8. The second-order valence-electron chi connectivity index (χ2n) is 11.5. The summed E-state index contributed by atoms with van der Waals surface area (Å²) in [5.41, 5.74) is 10.0. The van der Waals surface area contributed by atoms with Crippen molar-refractivity contribution in [2.75, 3.05) is 0 Å². The quantitative estimate of drug-likeness (QED) is 0.578. The Bertz CT molecular complexity index is 1100. The van der Waals surface area contributed by atoms with Crippen molar-refractivity contribution in [2.24, 2.45) is 5.92 Å². The molecule has 2 fully saturated rings. The molecule has 5 rings (SSSR count). The predicted octanol–water partition coefficient (Wildman–Crippen LogP) is 7.18. The predicted molar refractivity (Wildman–Crippen MR) is 127 cm³/mol. The maximum atomic E-state index is 11.1. The number of aryl methyl sites for hydroxylation is 1. The largest absolute Gasteiger partial charge is 0.478 e. The lowest BCUT2D eigenvalue weighted by molar-refractivity contribution is 0.0697. The van der Waals surface area contributed by atoms with Crippen LogP contribution in [0.3, 0.4) is 0 Å². The van der Waals surface area contributed by atoms with Crippen molar-refractivity contribution in [2.45, 2.75) is 83.0 Å². The molecule has 0 bridgehead atoms. The maximum Gasteiger partial charge on any atom is 0.335 e. The summed E-state index contributed by atoms with van der Waals surface area (Å²) in [4.78, 5) is 11.1. The van der Waals surface area contributed by atoms with Crippen LogP contribution in [0.1, 0.15) is 98.0 Å². The first-order valence-electron chi connectivity index (χ1n) is 11.7. The number of rotatable bonds is 3. The van der Waals surface area contributed by atoms with Crippen LogP contribution >= 0.6 is 0 Å². The van der Waals surface area contributed by atoms with Crippen LogP contribution in [0.4, 0.5) is 0 Å². The van der Waals surface area contributed by atoms with Crippen molar-refractivity contribution in [3.05, 3.63) is 75.4 Å². The Morgan fingerprint density at radius 2 is 1.55 bits per heavy atom. The molecule has 0 spiro atoms. The highest BCUT2D eigenvalue weighted by Crippen LogP contribution is 2.68. The minimum atomic E-state index is -0.865. The average molecular weight is 415 g/mol. The van der Waals surface area contributed by atoms with E-state index in [1.54, 1.807) is 34.4 Å². The Labute approximate surface area is 186 Å². The number of carbonyl (C=O) groups is 1. The van der Waals surface area contributed by atoms with Crippen LogP contribution in [0.5, 0.6) is 0 Å². The highest BCUT2D eigenvalue weighted by atomic mass is 16.4. The van der Waals surface area contributed by atoms with Crippen molar-refractivity contribution in [1.29, 1.82) is 0 Å². The molecular weight excluding hydrogens is 380 g/mol. The first-order chi connectivity index (χ1) is 14.5. The van der Waals surface area contributed by atoms with Crippen molar-refractivity contribution < 1.29 is 9.90 Å². The Kier molecular flexibility index (Phi) is 4.36. The average Bonchev–Trinajstić information content (AvgIpc) is 3.35. The van der Waals surface area contributed by atoms with Crippen molar-refractivity contribution in [1.82, 2.24) is 0 Å². The molecule has 0 radical (unpaired) electrons. The van der Waals surface area contributed by atoms with E-state index in [-0.39, 0.29) is 10.8 Å². The molecule has 2 heteroatoms. The van der Waals surface area contributed by atoms with Gasteiger partial charge in [0, 0.05) is 5.41 Å². The fraction of sp³-hybridized carbons (Fsp3) is 0.483. The van der Waals surface area contributed by atoms with E-state index in [0.29, 0.717) is 16.9 Å². The molecule has 0 amide bonds. The molecule has 2 atom stereocenters. The number of benzene rings is 2. The zero-order chi connectivity index (χ0) is 22.2. The molecule has 3 aliphatic carbocycles. The van der Waals surface area contributed by atoms with E-state index in [4.69, 9.17) is 5.11 Å². The topological polar surface area (TPSA) is 37.3 Å². The first kappa shape index (κ1) is 20.5. The van der Waals surface area contributed by atoms with Gasteiger partial charge in [0.05, 0.1) is 5.56 Å². The third kappa shape index (κ3) is 3.18. The highest BCUT2D eigenvalue weighted by Gasteiger charge is 2.60. The van der Waals surface area contributed by atoms with Gasteiger partial charge in [0.2, 0.25) is 0 Å². The number of allylic oxidation sites excluding steroid dienone is 1. The Morgan fingerprint density at radius 1 is 0.935 bits per heavy atom. The van der Waals surface area contributed by atoms with Gasteiger partial charge in [-0.15, -0.1) is 0 Å². The minimum Gasteiger partial charge on any atom is -0.478 e. The first-order valence-corrected chi connectivity index (χ1v) is 11.7. The van der Waals surface area contributed by atoms with E-state index < -0.39 is 5.97 Å². The molecule has 2 aromatic rings. The summed E-state index contributed by atoms with van der Waals surface area (Å²) in [6.45, 7) is 12.0. The standard InChI is InChI=1S/C29H34O2/c1-18-14-23-24(28(4,5)13-12-27(23,2)3)16-22(18)29-11-10-21(25(29)17-29)15-19-6-8-20(9-7-19)26(30)31/h6-9,14-16,25H,10-13,17H2,1-5H3,(H,30,31)/b21-15-. The second-order valence-corrected chi connectivity index (χ2v) is 11.5. The SMILES string of the molecule is Cc1cc2c(cc1C13CC/C(=C/c4ccc(C(=O)O)cc4)C1C3)C(C)(C)CCC2(C)C. The third-order valence-corrected chi connectivity index (χ3v) is 8.63. The van der Waals surface area contributed by atoms with Crippen LogP contribution in [-0.2, 0) is 16.2 Å². The van der Waals surface area contributed by atoms with E-state index in [1.165, 1.54) is 31.2 Å². The molecular formula is C29H34O2. The lowest BCUT2D eigenvalue weighted by Crippen LogP contribution is -2.34. The molecule has 2 unspecified atom stereocenters. The molecule has 1 N–H and O–H groups in total. The van der Waals surface area contributed by atoms with Gasteiger partial charge in [0.1, 0.15) is 0 Å². The highest BCUT2D eigenvalue weighted by molar-refractivity contribution is 5.87. The molecule has 0 aliphatic heterocycles. The molecule has 2 aromatic carbocycles. The number of fused-ring (bicyclic) bond motifs is 2. The van der Waals surface area contributed by atoms with Gasteiger partial charge >= 0.3 is 5.97 Å². The van der Waals surface area contributed by atoms with Crippen molar-refractivity contribution >= 4 is 12.0 Å². The van der Waals surface area contributed by atoms with E-state index in [9.17, 15) is 4.79 Å². The summed E-state index contributed by atoms with van der Waals surface area (Å²) in [5, 5.41) is 9.13. The summed E-state index contributed by atoms with van der Waals surface area (Å²) in [6.07, 6.45) is 8.47. The number of carboxylic acids is 1. The molecule has 2 saturated carbocycles. The number of aromatic carboxylic acids is 1. The van der Waals surface area contributed by atoms with Gasteiger partial charge in [0.25, 0.3) is 0 Å². The van der Waals surface area contributed by atoms with Gasteiger partial charge < -0.3 is 5.11 Å². The van der Waals surface area contributed by atoms with Gasteiger partial charge in [-0.2, -0.15) is 0 Å². The van der Waals surface area contributed by atoms with Crippen molar-refractivity contribution in [3.63, 3.8) is 0 Å². The summed E-state index contributed by atoms with van der Waals surface area (Å²) in [5.74, 6) is -0.224. The zero-order valence-corrected chi connectivity index (χ0v) is 19.5. The lowest BCUT2D eigenvalue weighted by atomic mass is 9.62. The summed E-state index contributed by atoms with van der Waals surface area (Å²) < 4.78 is 0. The van der Waals surface area contributed by atoms with Crippen LogP contribution in [0.15, 0.2) is 42.0 Å². The third-order valence-electron chi connectivity index (χ3n) is 8.63. The fourth-order valence-corrected chi connectivity index (χ4v) is 6.41. The zero-order valence-electron chi connectivity index (χ0n) is 19.5. The molecule has 162 valence electrons. The number of hydrogen-bond donors (Lipinski definition) is 1. The number of carboxylic acid groups (broad SMARTS) is 1. The van der Waals surface area contributed by atoms with Crippen molar-refractivity contribution in [3.8, 4) is 0 Å². The van der Waals surface area contributed by atoms with Gasteiger partial charge in [-0.05, 0) is 95.7 Å². The smallest absolute Gasteiger partial charge is 0.335 e. The maximum absolute atomic E-state index is 11.1. The van der Waals surface area contributed by atoms with Crippen LogP contribution in [-0.4, -0.2) is 11.1 Å². The molecule has 0 aromatic heterocycles. The fourth-order valence-electron chi connectivity index (χ4n) is 6.41. The molecule has 0 heterocycles. The van der Waals surface area contributed by atoms with Gasteiger partial charge in [0.15, 0.2) is 0 Å². The van der Waals surface area contributed by atoms with Crippen LogP contribution in [0, 0.1) is 12.8 Å². The van der Waals surface area contributed by atoms with Crippen LogP contribution in [0.25, 0.3) is 6.08 Å². The lowest BCUT2D eigenvalue weighted by Gasteiger charge is -2.43. The van der Waals surface area contributed by atoms with Crippen LogP contribution < -0.4 is 0 Å². The Balaban J connectivity index is 1.48. The van der Waals surface area contributed by atoms with Gasteiger partial charge in [-0.3, -0.25) is 0 Å². The van der Waals surface area contributed by atoms with Gasteiger partial charge in [-0.1, -0.05) is 63.6 Å². The molecule has 0 saturated heterocycles. The monoisotopic (exact) mass is 414 g/mol. The minimum absolute atomic E-state index is 0.248. The van der Waals surface area contributed by atoms with E-state index in [0.717, 1.165) is 12.0 Å². The molecule has 2 nitrogen and oxygen atoms in total. The Hall–Kier alpha value is -2.35. The summed E-state index contributed by atoms with van der Waals surface area (Å²) in [6, 6.07) is 12.4. The van der Waals surface area contributed by atoms with E-state index in [1.807, 2.05) is 12.1 Å². The van der Waals surface area contributed by atoms with Crippen LogP contribution in [0.2, 0.25) is 0 Å².